The van der Waals surface area contributed by atoms with Crippen molar-refractivity contribution in [2.24, 2.45) is 0 Å². The second-order valence-electron chi connectivity index (χ2n) is 2.95. The highest BCUT2D eigenvalue weighted by molar-refractivity contribution is 6.33. The van der Waals surface area contributed by atoms with Crippen molar-refractivity contribution >= 4 is 17.3 Å². The van der Waals surface area contributed by atoms with Crippen LogP contribution in [0.5, 0.6) is 0 Å². The van der Waals surface area contributed by atoms with Gasteiger partial charge in [-0.25, -0.2) is 0 Å². The van der Waals surface area contributed by atoms with Crippen LogP contribution in [0.25, 0.3) is 0 Å². The Kier molecular flexibility index (Phi) is 4.16. The molecule has 78 valence electrons. The lowest BCUT2D eigenvalue weighted by atomic mass is 10.2. The normalized spacial score (nSPS) is 8.62. The molecule has 16 heavy (non-hydrogen) atoms. The van der Waals surface area contributed by atoms with Gasteiger partial charge < -0.3 is 4.90 Å². The van der Waals surface area contributed by atoms with Gasteiger partial charge in [-0.3, -0.25) is 0 Å². The Labute approximate surface area is 98.5 Å². The number of nitriles is 3. The maximum Gasteiger partial charge on any atom is 0.107 e. The molecule has 1 rings (SSSR count). The van der Waals surface area contributed by atoms with Crippen LogP contribution in [0, 0.1) is 34.0 Å². The standard InChI is InChI=1S/C11H7ClN4/c12-10-7-9(8-15)1-2-11(10)16(5-3-13)6-4-14/h1-2,7H,5-6H2. The second-order valence-corrected chi connectivity index (χ2v) is 3.36. The zero-order valence-corrected chi connectivity index (χ0v) is 9.07. The number of halogens is 1. The summed E-state index contributed by atoms with van der Waals surface area (Å²) in [5, 5.41) is 26.3. The molecule has 0 aromatic heterocycles. The third-order valence-corrected chi connectivity index (χ3v) is 2.24. The second kappa shape index (κ2) is 5.61. The molecule has 0 saturated heterocycles. The van der Waals surface area contributed by atoms with Gasteiger partial charge in [0.25, 0.3) is 0 Å². The fraction of sp³-hybridized carbons (Fsp3) is 0.182. The SMILES string of the molecule is N#CCN(CC#N)c1ccc(C#N)cc1Cl. The molecule has 5 heteroatoms. The van der Waals surface area contributed by atoms with Crippen molar-refractivity contribution in [3.8, 4) is 18.2 Å². The summed E-state index contributed by atoms with van der Waals surface area (Å²) in [7, 11) is 0. The minimum Gasteiger partial charge on any atom is -0.344 e. The van der Waals surface area contributed by atoms with Gasteiger partial charge in [0.15, 0.2) is 0 Å². The van der Waals surface area contributed by atoms with Crippen molar-refractivity contribution in [2.45, 2.75) is 0 Å². The van der Waals surface area contributed by atoms with Crippen LogP contribution in [0.1, 0.15) is 5.56 Å². The topological polar surface area (TPSA) is 74.6 Å². The maximum absolute atomic E-state index is 8.67. The number of benzene rings is 1. The van der Waals surface area contributed by atoms with E-state index in [1.165, 1.54) is 6.07 Å². The monoisotopic (exact) mass is 230 g/mol. The molecule has 0 saturated carbocycles. The fourth-order valence-corrected chi connectivity index (χ4v) is 1.53. The molecule has 0 aliphatic rings. The molecule has 0 spiro atoms. The number of nitrogens with zero attached hydrogens (tertiary/aromatic N) is 4. The average molecular weight is 231 g/mol. The van der Waals surface area contributed by atoms with Crippen LogP contribution in [0.3, 0.4) is 0 Å². The molecule has 0 heterocycles. The van der Waals surface area contributed by atoms with Gasteiger partial charge in [-0.05, 0) is 18.2 Å². The highest BCUT2D eigenvalue weighted by Crippen LogP contribution is 2.26. The Morgan fingerprint density at radius 2 is 1.75 bits per heavy atom. The molecule has 0 atom stereocenters. The van der Waals surface area contributed by atoms with E-state index in [0.717, 1.165) is 0 Å². The molecule has 1 aromatic rings. The third kappa shape index (κ3) is 2.64. The van der Waals surface area contributed by atoms with E-state index in [-0.39, 0.29) is 13.1 Å². The first-order chi connectivity index (χ1) is 7.72. The van der Waals surface area contributed by atoms with Crippen molar-refractivity contribution in [1.82, 2.24) is 0 Å². The van der Waals surface area contributed by atoms with E-state index in [2.05, 4.69) is 0 Å². The van der Waals surface area contributed by atoms with Gasteiger partial charge in [-0.1, -0.05) is 11.6 Å². The predicted molar refractivity (Wildman–Crippen MR) is 59.6 cm³/mol. The molecule has 0 fully saturated rings. The lowest BCUT2D eigenvalue weighted by Crippen LogP contribution is -2.24. The number of rotatable bonds is 3. The smallest absolute Gasteiger partial charge is 0.107 e. The first kappa shape index (κ1) is 11.9. The predicted octanol–water partition coefficient (Wildman–Crippen LogP) is 2.07. The average Bonchev–Trinajstić information content (AvgIpc) is 2.29. The number of hydrogen-bond donors (Lipinski definition) is 0. The van der Waals surface area contributed by atoms with Crippen molar-refractivity contribution in [3.05, 3.63) is 28.8 Å². The van der Waals surface area contributed by atoms with Crippen molar-refractivity contribution < 1.29 is 0 Å². The first-order valence-electron chi connectivity index (χ1n) is 4.41. The molecule has 4 nitrogen and oxygen atoms in total. The Morgan fingerprint density at radius 1 is 1.12 bits per heavy atom. The summed E-state index contributed by atoms with van der Waals surface area (Å²) >= 11 is 5.96. The van der Waals surface area contributed by atoms with Crippen LogP contribution in [0.4, 0.5) is 5.69 Å². The zero-order chi connectivity index (χ0) is 12.0. The van der Waals surface area contributed by atoms with E-state index in [0.29, 0.717) is 16.3 Å². The van der Waals surface area contributed by atoms with E-state index in [1.54, 1.807) is 17.0 Å². The molecule has 1 aromatic carbocycles. The molecule has 0 amide bonds. The molecular formula is C11H7ClN4. The van der Waals surface area contributed by atoms with Gasteiger partial charge in [0.2, 0.25) is 0 Å². The van der Waals surface area contributed by atoms with Crippen LogP contribution < -0.4 is 4.90 Å². The van der Waals surface area contributed by atoms with Gasteiger partial charge in [0.1, 0.15) is 13.1 Å². The highest BCUT2D eigenvalue weighted by Gasteiger charge is 2.10. The maximum atomic E-state index is 8.67. The minimum atomic E-state index is 0.0825. The van der Waals surface area contributed by atoms with Crippen LogP contribution in [0.15, 0.2) is 18.2 Å². The lowest BCUT2D eigenvalue weighted by molar-refractivity contribution is 0.966. The van der Waals surface area contributed by atoms with E-state index in [4.69, 9.17) is 27.4 Å². The zero-order valence-electron chi connectivity index (χ0n) is 8.31. The summed E-state index contributed by atoms with van der Waals surface area (Å²) in [5.41, 5.74) is 1.03. The number of anilines is 1. The van der Waals surface area contributed by atoms with Crippen molar-refractivity contribution in [3.63, 3.8) is 0 Å². The number of hydrogen-bond acceptors (Lipinski definition) is 4. The minimum absolute atomic E-state index is 0.0825. The van der Waals surface area contributed by atoms with E-state index in [9.17, 15) is 0 Å². The Balaban J connectivity index is 3.08. The lowest BCUT2D eigenvalue weighted by Gasteiger charge is -2.19. The third-order valence-electron chi connectivity index (χ3n) is 1.94. The van der Waals surface area contributed by atoms with E-state index in [1.807, 2.05) is 18.2 Å². The molecule has 0 unspecified atom stereocenters. The van der Waals surface area contributed by atoms with Gasteiger partial charge >= 0.3 is 0 Å². The Morgan fingerprint density at radius 3 is 2.19 bits per heavy atom. The molecule has 0 aliphatic carbocycles. The van der Waals surface area contributed by atoms with Crippen LogP contribution >= 0.6 is 11.6 Å². The van der Waals surface area contributed by atoms with Gasteiger partial charge in [0.05, 0.1) is 34.5 Å². The summed E-state index contributed by atoms with van der Waals surface area (Å²) in [6.45, 7) is 0.165. The highest BCUT2D eigenvalue weighted by atomic mass is 35.5. The summed E-state index contributed by atoms with van der Waals surface area (Å²) in [4.78, 5) is 1.55. The van der Waals surface area contributed by atoms with Gasteiger partial charge in [-0.15, -0.1) is 0 Å². The summed E-state index contributed by atoms with van der Waals surface area (Å²) in [6.07, 6.45) is 0. The molecule has 0 aliphatic heterocycles. The first-order valence-corrected chi connectivity index (χ1v) is 4.79. The van der Waals surface area contributed by atoms with Gasteiger partial charge in [-0.2, -0.15) is 15.8 Å². The fourth-order valence-electron chi connectivity index (χ4n) is 1.23. The largest absolute Gasteiger partial charge is 0.344 e. The van der Waals surface area contributed by atoms with Crippen molar-refractivity contribution in [1.29, 1.82) is 15.8 Å². The van der Waals surface area contributed by atoms with Crippen LogP contribution in [0.2, 0.25) is 5.02 Å². The summed E-state index contributed by atoms with van der Waals surface area (Å²) in [5.74, 6) is 0. The Bertz CT molecular complexity index is 488. The van der Waals surface area contributed by atoms with E-state index < -0.39 is 0 Å². The Hall–Kier alpha value is -2.22. The van der Waals surface area contributed by atoms with Gasteiger partial charge in [0, 0.05) is 0 Å². The summed E-state index contributed by atoms with van der Waals surface area (Å²) < 4.78 is 0. The summed E-state index contributed by atoms with van der Waals surface area (Å²) in [6, 6.07) is 10.6. The van der Waals surface area contributed by atoms with Crippen molar-refractivity contribution in [2.75, 3.05) is 18.0 Å². The molecular weight excluding hydrogens is 224 g/mol. The quantitative estimate of drug-likeness (QED) is 0.745. The van der Waals surface area contributed by atoms with Crippen LogP contribution in [-0.4, -0.2) is 13.1 Å². The molecule has 0 bridgehead atoms. The molecule has 0 radical (unpaired) electrons. The van der Waals surface area contributed by atoms with E-state index >= 15 is 0 Å². The van der Waals surface area contributed by atoms with Crippen LogP contribution in [-0.2, 0) is 0 Å². The molecule has 0 N–H and O–H groups in total.